The zero-order valence-corrected chi connectivity index (χ0v) is 17.6. The van der Waals surface area contributed by atoms with Gasteiger partial charge in [-0.05, 0) is 73.5 Å². The maximum Gasteiger partial charge on any atom is 0.223 e. The van der Waals surface area contributed by atoms with E-state index in [4.69, 9.17) is 9.47 Å². The smallest absolute Gasteiger partial charge is 0.223 e. The molecule has 27 heavy (non-hydrogen) atoms. The largest absolute Gasteiger partial charge is 0.486 e. The zero-order chi connectivity index (χ0) is 18.6. The van der Waals surface area contributed by atoms with Gasteiger partial charge in [-0.3, -0.25) is 4.79 Å². The van der Waals surface area contributed by atoms with Crippen LogP contribution in [0.15, 0.2) is 18.2 Å². The summed E-state index contributed by atoms with van der Waals surface area (Å²) in [5.74, 6) is 3.52. The second-order valence-corrected chi connectivity index (χ2v) is 11.2. The molecular formula is C22H28BrNO3. The number of rotatable bonds is 4. The van der Waals surface area contributed by atoms with Gasteiger partial charge >= 0.3 is 0 Å². The Balaban J connectivity index is 1.26. The maximum absolute atomic E-state index is 13.1. The fraction of sp³-hybridized carbons (Fsp3) is 0.682. The van der Waals surface area contributed by atoms with Gasteiger partial charge < -0.3 is 14.4 Å². The van der Waals surface area contributed by atoms with E-state index in [2.05, 4.69) is 15.9 Å². The molecule has 5 heteroatoms. The van der Waals surface area contributed by atoms with Gasteiger partial charge in [0.25, 0.3) is 0 Å². The molecule has 2 unspecified atom stereocenters. The lowest BCUT2D eigenvalue weighted by atomic mass is 9.48. The van der Waals surface area contributed by atoms with Crippen molar-refractivity contribution in [1.82, 2.24) is 4.90 Å². The first-order chi connectivity index (χ1) is 12.9. The highest BCUT2D eigenvalue weighted by molar-refractivity contribution is 9.10. The van der Waals surface area contributed by atoms with Crippen molar-refractivity contribution < 1.29 is 14.3 Å². The number of hydrogen-bond acceptors (Lipinski definition) is 3. The van der Waals surface area contributed by atoms with E-state index >= 15 is 0 Å². The molecule has 146 valence electrons. The number of hydrogen-bond donors (Lipinski definition) is 0. The van der Waals surface area contributed by atoms with Gasteiger partial charge in [-0.1, -0.05) is 22.0 Å². The Labute approximate surface area is 169 Å². The van der Waals surface area contributed by atoms with E-state index in [9.17, 15) is 4.79 Å². The summed E-state index contributed by atoms with van der Waals surface area (Å²) in [6, 6.07) is 6.00. The van der Waals surface area contributed by atoms with Crippen molar-refractivity contribution >= 4 is 21.8 Å². The van der Waals surface area contributed by atoms with E-state index in [-0.39, 0.29) is 11.3 Å². The summed E-state index contributed by atoms with van der Waals surface area (Å²) in [6.07, 6.45) is 8.39. The SMILES string of the molecule is CN(Cc1ccc2c(c1)OCCO2)C(=O)CC12CC3CC(CC(Br)(C3)C1)C2. The van der Waals surface area contributed by atoms with Crippen LogP contribution in [0.2, 0.25) is 0 Å². The van der Waals surface area contributed by atoms with Crippen molar-refractivity contribution in [3.63, 3.8) is 0 Å². The van der Waals surface area contributed by atoms with Gasteiger partial charge in [0.05, 0.1) is 0 Å². The molecule has 5 aliphatic rings. The van der Waals surface area contributed by atoms with Crippen molar-refractivity contribution in [2.24, 2.45) is 17.3 Å². The van der Waals surface area contributed by atoms with Crippen LogP contribution in [0.3, 0.4) is 0 Å². The van der Waals surface area contributed by atoms with Crippen LogP contribution in [-0.4, -0.2) is 35.4 Å². The molecule has 1 heterocycles. The minimum absolute atomic E-state index is 0.228. The molecule has 1 amide bonds. The summed E-state index contributed by atoms with van der Waals surface area (Å²) >= 11 is 4.06. The summed E-state index contributed by atoms with van der Waals surface area (Å²) in [4.78, 5) is 15.0. The Morgan fingerprint density at radius 1 is 1.15 bits per heavy atom. The van der Waals surface area contributed by atoms with Crippen LogP contribution in [0.4, 0.5) is 0 Å². The van der Waals surface area contributed by atoms with Crippen molar-refractivity contribution in [3.05, 3.63) is 23.8 Å². The first-order valence-electron chi connectivity index (χ1n) is 10.2. The van der Waals surface area contributed by atoms with Gasteiger partial charge in [-0.25, -0.2) is 0 Å². The van der Waals surface area contributed by atoms with Gasteiger partial charge in [0.1, 0.15) is 13.2 Å². The Morgan fingerprint density at radius 3 is 2.56 bits per heavy atom. The molecule has 0 radical (unpaired) electrons. The lowest BCUT2D eigenvalue weighted by Gasteiger charge is -2.60. The minimum atomic E-state index is 0.228. The van der Waals surface area contributed by atoms with Crippen LogP contribution in [0, 0.1) is 17.3 Å². The molecule has 4 nitrogen and oxygen atoms in total. The second-order valence-electron chi connectivity index (χ2n) is 9.52. The number of carbonyl (C=O) groups is 1. The Bertz CT molecular complexity index is 750. The Kier molecular flexibility index (Phi) is 4.23. The number of carbonyl (C=O) groups excluding carboxylic acids is 1. The molecule has 6 rings (SSSR count). The number of benzene rings is 1. The van der Waals surface area contributed by atoms with Crippen molar-refractivity contribution in [1.29, 1.82) is 0 Å². The number of ether oxygens (including phenoxy) is 2. The molecule has 2 atom stereocenters. The highest BCUT2D eigenvalue weighted by atomic mass is 79.9. The van der Waals surface area contributed by atoms with Crippen LogP contribution in [0.5, 0.6) is 11.5 Å². The average Bonchev–Trinajstić information content (AvgIpc) is 2.59. The summed E-state index contributed by atoms with van der Waals surface area (Å²) in [5, 5.41) is 0. The van der Waals surface area contributed by atoms with Gasteiger partial charge in [-0.15, -0.1) is 0 Å². The van der Waals surface area contributed by atoms with E-state index < -0.39 is 0 Å². The molecule has 4 bridgehead atoms. The predicted molar refractivity (Wildman–Crippen MR) is 107 cm³/mol. The normalized spacial score (nSPS) is 35.9. The predicted octanol–water partition coefficient (Wildman–Crippen LogP) is 4.54. The van der Waals surface area contributed by atoms with Crippen molar-refractivity contribution in [2.45, 2.75) is 55.8 Å². The van der Waals surface area contributed by atoms with Crippen LogP contribution in [0.25, 0.3) is 0 Å². The highest BCUT2D eigenvalue weighted by Crippen LogP contribution is 2.65. The van der Waals surface area contributed by atoms with Crippen molar-refractivity contribution in [3.8, 4) is 11.5 Å². The third-order valence-electron chi connectivity index (χ3n) is 7.09. The van der Waals surface area contributed by atoms with Gasteiger partial charge in [0, 0.05) is 24.3 Å². The second kappa shape index (κ2) is 6.40. The Morgan fingerprint density at radius 2 is 1.85 bits per heavy atom. The summed E-state index contributed by atoms with van der Waals surface area (Å²) < 4.78 is 11.6. The van der Waals surface area contributed by atoms with E-state index in [1.807, 2.05) is 30.1 Å². The Hall–Kier alpha value is -1.23. The first kappa shape index (κ1) is 17.8. The molecule has 0 N–H and O–H groups in total. The fourth-order valence-electron chi connectivity index (χ4n) is 6.55. The van der Waals surface area contributed by atoms with Crippen LogP contribution in [-0.2, 0) is 11.3 Å². The number of amides is 1. The van der Waals surface area contributed by atoms with Gasteiger partial charge in [-0.2, -0.15) is 0 Å². The third kappa shape index (κ3) is 3.37. The molecule has 1 aliphatic heterocycles. The standard InChI is InChI=1S/C22H28BrNO3/c1-24(13-15-2-3-18-19(7-15)27-5-4-26-18)20(25)12-21-8-16-6-17(9-21)11-22(23,10-16)14-21/h2-3,7,16-17H,4-6,8-14H2,1H3. The molecule has 0 aromatic heterocycles. The van der Waals surface area contributed by atoms with E-state index in [0.29, 0.717) is 30.5 Å². The summed E-state index contributed by atoms with van der Waals surface area (Å²) in [7, 11) is 1.93. The molecule has 1 aromatic rings. The fourth-order valence-corrected chi connectivity index (χ4v) is 8.06. The molecule has 4 fully saturated rings. The van der Waals surface area contributed by atoms with Crippen LogP contribution < -0.4 is 9.47 Å². The molecular weight excluding hydrogens is 406 g/mol. The third-order valence-corrected chi connectivity index (χ3v) is 8.02. The highest BCUT2D eigenvalue weighted by Gasteiger charge is 2.57. The average molecular weight is 434 g/mol. The molecule has 4 saturated carbocycles. The summed E-state index contributed by atoms with van der Waals surface area (Å²) in [5.41, 5.74) is 1.32. The summed E-state index contributed by atoms with van der Waals surface area (Å²) in [6.45, 7) is 1.81. The van der Waals surface area contributed by atoms with E-state index in [1.54, 1.807) is 0 Å². The number of halogens is 1. The zero-order valence-electron chi connectivity index (χ0n) is 16.0. The van der Waals surface area contributed by atoms with Gasteiger partial charge in [0.2, 0.25) is 5.91 Å². The number of nitrogens with zero attached hydrogens (tertiary/aromatic N) is 1. The quantitative estimate of drug-likeness (QED) is 0.654. The lowest BCUT2D eigenvalue weighted by Crippen LogP contribution is -2.54. The van der Waals surface area contributed by atoms with E-state index in [0.717, 1.165) is 28.9 Å². The number of alkyl halides is 1. The van der Waals surface area contributed by atoms with Crippen LogP contribution >= 0.6 is 15.9 Å². The van der Waals surface area contributed by atoms with Gasteiger partial charge in [0.15, 0.2) is 11.5 Å². The van der Waals surface area contributed by atoms with E-state index in [1.165, 1.54) is 38.5 Å². The monoisotopic (exact) mass is 433 g/mol. The topological polar surface area (TPSA) is 38.8 Å². The molecule has 0 saturated heterocycles. The number of fused-ring (bicyclic) bond motifs is 1. The minimum Gasteiger partial charge on any atom is -0.486 e. The lowest BCUT2D eigenvalue weighted by molar-refractivity contribution is -0.137. The molecule has 1 aromatic carbocycles. The first-order valence-corrected chi connectivity index (χ1v) is 11.0. The maximum atomic E-state index is 13.1. The van der Waals surface area contributed by atoms with Crippen LogP contribution in [0.1, 0.15) is 50.5 Å². The molecule has 4 aliphatic carbocycles. The molecule has 0 spiro atoms. The van der Waals surface area contributed by atoms with Crippen molar-refractivity contribution in [2.75, 3.05) is 20.3 Å².